The van der Waals surface area contributed by atoms with E-state index in [1.54, 1.807) is 17.4 Å². The van der Waals surface area contributed by atoms with Crippen LogP contribution in [-0.2, 0) is 16.1 Å². The quantitative estimate of drug-likeness (QED) is 0.490. The molecule has 2 amide bonds. The van der Waals surface area contributed by atoms with E-state index >= 15 is 0 Å². The Labute approximate surface area is 208 Å². The molecule has 0 spiro atoms. The van der Waals surface area contributed by atoms with Crippen LogP contribution >= 0.6 is 11.3 Å². The van der Waals surface area contributed by atoms with Crippen molar-refractivity contribution in [2.24, 2.45) is 5.92 Å². The number of hydrogen-bond donors (Lipinski definition) is 2. The van der Waals surface area contributed by atoms with Gasteiger partial charge in [-0.2, -0.15) is 0 Å². The number of carbonyl (C=O) groups excluding carboxylic acids is 2. The molecule has 3 atom stereocenters. The monoisotopic (exact) mass is 498 g/mol. The number of nitrogens with zero attached hydrogens (tertiary/aromatic N) is 3. The summed E-state index contributed by atoms with van der Waals surface area (Å²) >= 11 is 1.59. The van der Waals surface area contributed by atoms with Gasteiger partial charge in [-0.15, -0.1) is 11.3 Å². The van der Waals surface area contributed by atoms with Crippen LogP contribution in [0.25, 0.3) is 10.4 Å². The second-order valence-electron chi connectivity index (χ2n) is 9.07. The minimum absolute atomic E-state index is 0.0916. The highest BCUT2D eigenvalue weighted by molar-refractivity contribution is 7.13. The first-order valence-corrected chi connectivity index (χ1v) is 12.4. The number of hydrogen-bond acceptors (Lipinski definition) is 8. The molecule has 3 unspecified atom stereocenters. The molecule has 10 heteroatoms. The number of rotatable bonds is 8. The smallest absolute Gasteiger partial charge is 0.254 e. The fourth-order valence-corrected chi connectivity index (χ4v) is 5.21. The molecule has 35 heavy (non-hydrogen) atoms. The molecule has 1 aromatic carbocycles. The Balaban J connectivity index is 1.43. The third-order valence-corrected chi connectivity index (χ3v) is 7.23. The summed E-state index contributed by atoms with van der Waals surface area (Å²) in [5, 5.41) is 17.0. The van der Waals surface area contributed by atoms with E-state index in [1.807, 2.05) is 50.5 Å². The van der Waals surface area contributed by atoms with E-state index in [0.717, 1.165) is 21.7 Å². The minimum Gasteiger partial charge on any atom is -0.479 e. The molecule has 1 aliphatic heterocycles. The number of amides is 2. The van der Waals surface area contributed by atoms with Gasteiger partial charge in [0.1, 0.15) is 12.0 Å². The van der Waals surface area contributed by atoms with Crippen molar-refractivity contribution in [1.29, 1.82) is 0 Å². The molecule has 4 rings (SSSR count). The summed E-state index contributed by atoms with van der Waals surface area (Å²) in [6, 6.07) is 8.77. The minimum atomic E-state index is -0.770. The van der Waals surface area contributed by atoms with Crippen LogP contribution in [0.1, 0.15) is 43.2 Å². The molecule has 2 N–H and O–H groups in total. The van der Waals surface area contributed by atoms with Gasteiger partial charge in [-0.3, -0.25) is 9.59 Å². The molecule has 1 aliphatic rings. The summed E-state index contributed by atoms with van der Waals surface area (Å²) < 4.78 is 10.4. The number of likely N-dealkylation sites (tertiary alicyclic amines) is 1. The molecular formula is C25H30N4O5S. The molecule has 3 heterocycles. The van der Waals surface area contributed by atoms with E-state index < -0.39 is 18.1 Å². The molecule has 0 bridgehead atoms. The van der Waals surface area contributed by atoms with Gasteiger partial charge in [0.25, 0.3) is 5.88 Å². The zero-order chi connectivity index (χ0) is 25.1. The molecule has 0 saturated carbocycles. The number of aliphatic hydroxyl groups excluding tert-OH is 1. The summed E-state index contributed by atoms with van der Waals surface area (Å²) in [7, 11) is 1.47. The molecule has 0 radical (unpaired) electrons. The predicted octanol–water partition coefficient (Wildman–Crippen LogP) is 3.13. The van der Waals surface area contributed by atoms with Gasteiger partial charge in [0.05, 0.1) is 29.3 Å². The van der Waals surface area contributed by atoms with E-state index in [1.165, 1.54) is 12.0 Å². The van der Waals surface area contributed by atoms with Crippen LogP contribution in [0.3, 0.4) is 0 Å². The van der Waals surface area contributed by atoms with E-state index in [4.69, 9.17) is 9.26 Å². The Morgan fingerprint density at radius 3 is 2.66 bits per heavy atom. The van der Waals surface area contributed by atoms with Gasteiger partial charge in [0, 0.05) is 25.6 Å². The number of carbonyl (C=O) groups is 2. The van der Waals surface area contributed by atoms with Crippen molar-refractivity contribution in [3.05, 3.63) is 52.9 Å². The molecule has 186 valence electrons. The lowest BCUT2D eigenvalue weighted by molar-refractivity contribution is -0.141. The summed E-state index contributed by atoms with van der Waals surface area (Å²) in [6.45, 7) is 6.19. The Morgan fingerprint density at radius 2 is 2.06 bits per heavy atom. The zero-order valence-corrected chi connectivity index (χ0v) is 21.0. The van der Waals surface area contributed by atoms with Gasteiger partial charge < -0.3 is 24.6 Å². The maximum absolute atomic E-state index is 13.5. The number of benzene rings is 1. The van der Waals surface area contributed by atoms with Gasteiger partial charge in [0.15, 0.2) is 5.76 Å². The Morgan fingerprint density at radius 1 is 1.31 bits per heavy atom. The molecule has 1 saturated heterocycles. The second-order valence-corrected chi connectivity index (χ2v) is 9.93. The van der Waals surface area contributed by atoms with E-state index in [2.05, 4.69) is 15.5 Å². The van der Waals surface area contributed by atoms with Gasteiger partial charge in [-0.05, 0) is 29.1 Å². The number of β-amino-alcohol motifs (C(OH)–C–C–N with tert-alkyl or cyclic N) is 1. The van der Waals surface area contributed by atoms with E-state index in [-0.39, 0.29) is 36.6 Å². The number of aryl methyl sites for hydroxylation is 1. The van der Waals surface area contributed by atoms with Gasteiger partial charge >= 0.3 is 0 Å². The number of thiazole rings is 1. The molecule has 3 aromatic rings. The van der Waals surface area contributed by atoms with Crippen molar-refractivity contribution in [2.75, 3.05) is 13.7 Å². The lowest BCUT2D eigenvalue weighted by Gasteiger charge is -2.28. The van der Waals surface area contributed by atoms with E-state index in [9.17, 15) is 14.7 Å². The fourth-order valence-electron chi connectivity index (χ4n) is 4.39. The van der Waals surface area contributed by atoms with Crippen LogP contribution in [0.15, 0.2) is 40.4 Å². The lowest BCUT2D eigenvalue weighted by Crippen LogP contribution is -2.48. The number of aromatic nitrogens is 2. The SMILES string of the molecule is COc1cc(C(C(=O)N2CC(O)CC2C(=O)NCc2ccc(-c3scnc3C)cc2)C(C)C)on1. The molecule has 9 nitrogen and oxygen atoms in total. The van der Waals surface area contributed by atoms with Crippen LogP contribution in [0.4, 0.5) is 0 Å². The highest BCUT2D eigenvalue weighted by Gasteiger charge is 2.43. The van der Waals surface area contributed by atoms with Crippen molar-refractivity contribution < 1.29 is 24.0 Å². The standard InChI is InChI=1S/C25H30N4O5S/c1-14(2)22(20-10-21(33-4)28-34-20)25(32)29-12-18(30)9-19(29)24(31)26-11-16-5-7-17(8-6-16)23-15(3)27-13-35-23/h5-8,10,13-14,18-19,22,30H,9,11-12H2,1-4H3,(H,26,31). The van der Waals surface area contributed by atoms with Crippen LogP contribution in [0.5, 0.6) is 5.88 Å². The van der Waals surface area contributed by atoms with Crippen LogP contribution in [0.2, 0.25) is 0 Å². The van der Waals surface area contributed by atoms with Gasteiger partial charge in [-0.25, -0.2) is 4.98 Å². The number of ether oxygens (including phenoxy) is 1. The molecule has 2 aromatic heterocycles. The summed E-state index contributed by atoms with van der Waals surface area (Å²) in [6.07, 6.45) is -0.584. The Kier molecular flexibility index (Phi) is 7.51. The average Bonchev–Trinajstić information content (AvgIpc) is 3.57. The highest BCUT2D eigenvalue weighted by atomic mass is 32.1. The van der Waals surface area contributed by atoms with Crippen molar-refractivity contribution in [3.63, 3.8) is 0 Å². The van der Waals surface area contributed by atoms with E-state index in [0.29, 0.717) is 12.3 Å². The van der Waals surface area contributed by atoms with Crippen molar-refractivity contribution >= 4 is 23.2 Å². The number of nitrogens with one attached hydrogen (secondary N) is 1. The largest absolute Gasteiger partial charge is 0.479 e. The zero-order valence-electron chi connectivity index (χ0n) is 20.2. The highest BCUT2D eigenvalue weighted by Crippen LogP contribution is 2.32. The Bertz CT molecular complexity index is 1170. The van der Waals surface area contributed by atoms with Gasteiger partial charge in [0.2, 0.25) is 11.8 Å². The third kappa shape index (κ3) is 5.38. The van der Waals surface area contributed by atoms with Crippen LogP contribution in [0, 0.1) is 12.8 Å². The van der Waals surface area contributed by atoms with Crippen molar-refractivity contribution in [3.8, 4) is 16.3 Å². The maximum atomic E-state index is 13.5. The van der Waals surface area contributed by atoms with Crippen LogP contribution < -0.4 is 10.1 Å². The lowest BCUT2D eigenvalue weighted by atomic mass is 9.91. The molecule has 0 aliphatic carbocycles. The number of aliphatic hydroxyl groups is 1. The van der Waals surface area contributed by atoms with Crippen molar-refractivity contribution in [2.45, 2.75) is 51.8 Å². The first kappa shape index (κ1) is 24.9. The summed E-state index contributed by atoms with van der Waals surface area (Å²) in [4.78, 5) is 33.4. The number of methoxy groups -OCH3 is 1. The van der Waals surface area contributed by atoms with Crippen molar-refractivity contribution in [1.82, 2.24) is 20.4 Å². The maximum Gasteiger partial charge on any atom is 0.254 e. The molecular weight excluding hydrogens is 468 g/mol. The summed E-state index contributed by atoms with van der Waals surface area (Å²) in [5.41, 5.74) is 4.84. The first-order chi connectivity index (χ1) is 16.8. The van der Waals surface area contributed by atoms with Gasteiger partial charge in [-0.1, -0.05) is 38.1 Å². The Hall–Kier alpha value is -3.24. The average molecular weight is 499 g/mol. The van der Waals surface area contributed by atoms with Crippen LogP contribution in [-0.4, -0.2) is 57.8 Å². The first-order valence-electron chi connectivity index (χ1n) is 11.5. The molecule has 1 fully saturated rings. The predicted molar refractivity (Wildman–Crippen MR) is 131 cm³/mol. The second kappa shape index (κ2) is 10.6. The topological polar surface area (TPSA) is 118 Å². The normalized spacial score (nSPS) is 18.6. The third-order valence-electron chi connectivity index (χ3n) is 6.25. The summed E-state index contributed by atoms with van der Waals surface area (Å²) in [5.74, 6) is -0.670. The fraction of sp³-hybridized carbons (Fsp3) is 0.440.